The highest BCUT2D eigenvalue weighted by Gasteiger charge is 2.05. The van der Waals surface area contributed by atoms with Crippen molar-refractivity contribution in [3.05, 3.63) is 59.9 Å². The molecule has 0 N–H and O–H groups in total. The molecule has 0 bridgehead atoms. The van der Waals surface area contributed by atoms with E-state index in [0.29, 0.717) is 17.1 Å². The van der Waals surface area contributed by atoms with Crippen LogP contribution in [0.5, 0.6) is 11.5 Å². The monoisotopic (exact) mass is 246 g/mol. The van der Waals surface area contributed by atoms with Crippen LogP contribution >= 0.6 is 0 Å². The molecule has 2 aromatic rings. The summed E-state index contributed by atoms with van der Waals surface area (Å²) >= 11 is 0. The molecule has 0 amide bonds. The highest BCUT2D eigenvalue weighted by Crippen LogP contribution is 2.21. The maximum Gasteiger partial charge on any atom is 0.337 e. The fourth-order valence-electron chi connectivity index (χ4n) is 1.42. The zero-order valence-corrected chi connectivity index (χ0v) is 9.72. The summed E-state index contributed by atoms with van der Waals surface area (Å²) < 4.78 is 22.8. The van der Waals surface area contributed by atoms with E-state index in [2.05, 4.69) is 4.74 Å². The molecular formula is C14H11FO3. The zero-order valence-electron chi connectivity index (χ0n) is 9.72. The average Bonchev–Trinajstić information content (AvgIpc) is 2.41. The van der Waals surface area contributed by atoms with Crippen LogP contribution in [-0.2, 0) is 4.74 Å². The van der Waals surface area contributed by atoms with Gasteiger partial charge < -0.3 is 9.47 Å². The van der Waals surface area contributed by atoms with Gasteiger partial charge in [-0.05, 0) is 48.5 Å². The van der Waals surface area contributed by atoms with Gasteiger partial charge >= 0.3 is 5.97 Å². The summed E-state index contributed by atoms with van der Waals surface area (Å²) in [5.41, 5.74) is 0.448. The number of carbonyl (C=O) groups is 1. The molecular weight excluding hydrogens is 235 g/mol. The number of methoxy groups -OCH3 is 1. The second kappa shape index (κ2) is 5.31. The van der Waals surface area contributed by atoms with Crippen molar-refractivity contribution in [2.45, 2.75) is 0 Å². The first-order valence-electron chi connectivity index (χ1n) is 5.31. The molecule has 0 aliphatic rings. The number of halogens is 1. The summed E-state index contributed by atoms with van der Waals surface area (Å²) in [6, 6.07) is 12.2. The van der Waals surface area contributed by atoms with Gasteiger partial charge in [-0.2, -0.15) is 0 Å². The Morgan fingerprint density at radius 3 is 1.94 bits per heavy atom. The van der Waals surface area contributed by atoms with Gasteiger partial charge in [-0.15, -0.1) is 0 Å². The molecule has 0 spiro atoms. The summed E-state index contributed by atoms with van der Waals surface area (Å²) in [6.45, 7) is 0. The molecule has 0 saturated heterocycles. The minimum absolute atomic E-state index is 0.316. The Balaban J connectivity index is 2.10. The highest BCUT2D eigenvalue weighted by atomic mass is 19.1. The van der Waals surface area contributed by atoms with Crippen molar-refractivity contribution < 1.29 is 18.7 Å². The largest absolute Gasteiger partial charge is 0.465 e. The molecule has 2 aromatic carbocycles. The Morgan fingerprint density at radius 1 is 0.944 bits per heavy atom. The molecule has 4 heteroatoms. The summed E-state index contributed by atoms with van der Waals surface area (Å²) in [4.78, 5) is 11.2. The van der Waals surface area contributed by atoms with E-state index in [9.17, 15) is 9.18 Å². The minimum atomic E-state index is -0.400. The van der Waals surface area contributed by atoms with E-state index in [1.807, 2.05) is 0 Å². The lowest BCUT2D eigenvalue weighted by atomic mass is 10.2. The molecule has 18 heavy (non-hydrogen) atoms. The van der Waals surface area contributed by atoms with Crippen LogP contribution in [-0.4, -0.2) is 13.1 Å². The second-order valence-corrected chi connectivity index (χ2v) is 3.57. The number of esters is 1. The van der Waals surface area contributed by atoms with E-state index in [0.717, 1.165) is 0 Å². The Kier molecular flexibility index (Phi) is 3.57. The van der Waals surface area contributed by atoms with Crippen LogP contribution in [0.3, 0.4) is 0 Å². The molecule has 0 saturated carbocycles. The first kappa shape index (κ1) is 12.1. The maximum atomic E-state index is 12.7. The van der Waals surface area contributed by atoms with Crippen LogP contribution in [0.4, 0.5) is 4.39 Å². The zero-order chi connectivity index (χ0) is 13.0. The lowest BCUT2D eigenvalue weighted by Gasteiger charge is -2.06. The quantitative estimate of drug-likeness (QED) is 0.778. The van der Waals surface area contributed by atoms with Crippen LogP contribution in [0, 0.1) is 5.82 Å². The van der Waals surface area contributed by atoms with Gasteiger partial charge in [-0.3, -0.25) is 0 Å². The second-order valence-electron chi connectivity index (χ2n) is 3.57. The number of hydrogen-bond acceptors (Lipinski definition) is 3. The third-order valence-corrected chi connectivity index (χ3v) is 2.32. The number of hydrogen-bond donors (Lipinski definition) is 0. The fourth-order valence-corrected chi connectivity index (χ4v) is 1.42. The predicted molar refractivity (Wildman–Crippen MR) is 64.3 cm³/mol. The van der Waals surface area contributed by atoms with E-state index < -0.39 is 5.97 Å². The Bertz CT molecular complexity index is 532. The normalized spacial score (nSPS) is 9.89. The van der Waals surface area contributed by atoms with E-state index in [-0.39, 0.29) is 5.82 Å². The predicted octanol–water partition coefficient (Wildman–Crippen LogP) is 3.40. The van der Waals surface area contributed by atoms with Crippen molar-refractivity contribution in [1.82, 2.24) is 0 Å². The Labute approximate surface area is 104 Å². The first-order chi connectivity index (χ1) is 8.69. The van der Waals surface area contributed by atoms with Crippen molar-refractivity contribution in [2.75, 3.05) is 7.11 Å². The molecule has 0 atom stereocenters. The molecule has 92 valence electrons. The van der Waals surface area contributed by atoms with Gasteiger partial charge in [0.05, 0.1) is 12.7 Å². The molecule has 0 unspecified atom stereocenters. The minimum Gasteiger partial charge on any atom is -0.465 e. The van der Waals surface area contributed by atoms with Crippen LogP contribution in [0.25, 0.3) is 0 Å². The molecule has 0 aliphatic carbocycles. The molecule has 0 aliphatic heterocycles. The lowest BCUT2D eigenvalue weighted by Crippen LogP contribution is -2.00. The standard InChI is InChI=1S/C14H11FO3/c1-17-14(16)10-2-6-12(7-3-10)18-13-8-4-11(15)5-9-13/h2-9H,1H3. The summed E-state index contributed by atoms with van der Waals surface area (Å²) in [6.07, 6.45) is 0. The van der Waals surface area contributed by atoms with Gasteiger partial charge in [0.1, 0.15) is 17.3 Å². The molecule has 3 nitrogen and oxygen atoms in total. The van der Waals surface area contributed by atoms with Crippen LogP contribution in [0.2, 0.25) is 0 Å². The number of ether oxygens (including phenoxy) is 2. The number of rotatable bonds is 3. The third kappa shape index (κ3) is 2.85. The highest BCUT2D eigenvalue weighted by molar-refractivity contribution is 5.89. The van der Waals surface area contributed by atoms with Crippen molar-refractivity contribution in [3.8, 4) is 11.5 Å². The maximum absolute atomic E-state index is 12.7. The van der Waals surface area contributed by atoms with E-state index >= 15 is 0 Å². The molecule has 0 heterocycles. The number of carbonyl (C=O) groups excluding carboxylic acids is 1. The Morgan fingerprint density at radius 2 is 1.44 bits per heavy atom. The third-order valence-electron chi connectivity index (χ3n) is 2.32. The molecule has 0 aromatic heterocycles. The average molecular weight is 246 g/mol. The number of benzene rings is 2. The Hall–Kier alpha value is -2.36. The van der Waals surface area contributed by atoms with Crippen molar-refractivity contribution in [3.63, 3.8) is 0 Å². The van der Waals surface area contributed by atoms with Crippen molar-refractivity contribution in [1.29, 1.82) is 0 Å². The van der Waals surface area contributed by atoms with Gasteiger partial charge in [0.15, 0.2) is 0 Å². The van der Waals surface area contributed by atoms with Crippen LogP contribution in [0.1, 0.15) is 10.4 Å². The SMILES string of the molecule is COC(=O)c1ccc(Oc2ccc(F)cc2)cc1. The van der Waals surface area contributed by atoms with Crippen molar-refractivity contribution in [2.24, 2.45) is 0 Å². The van der Waals surface area contributed by atoms with Gasteiger partial charge in [-0.1, -0.05) is 0 Å². The van der Waals surface area contributed by atoms with Gasteiger partial charge in [0.25, 0.3) is 0 Å². The van der Waals surface area contributed by atoms with Gasteiger partial charge in [0, 0.05) is 0 Å². The van der Waals surface area contributed by atoms with E-state index in [1.165, 1.54) is 31.4 Å². The summed E-state index contributed by atoms with van der Waals surface area (Å²) in [7, 11) is 1.32. The smallest absolute Gasteiger partial charge is 0.337 e. The first-order valence-corrected chi connectivity index (χ1v) is 5.31. The lowest BCUT2D eigenvalue weighted by molar-refractivity contribution is 0.0600. The van der Waals surface area contributed by atoms with Gasteiger partial charge in [-0.25, -0.2) is 9.18 Å². The summed E-state index contributed by atoms with van der Waals surface area (Å²) in [5, 5.41) is 0. The van der Waals surface area contributed by atoms with E-state index in [1.54, 1.807) is 24.3 Å². The molecule has 0 fully saturated rings. The fraction of sp³-hybridized carbons (Fsp3) is 0.0714. The van der Waals surface area contributed by atoms with Crippen LogP contribution in [0.15, 0.2) is 48.5 Å². The van der Waals surface area contributed by atoms with Crippen LogP contribution < -0.4 is 4.74 Å². The van der Waals surface area contributed by atoms with Crippen molar-refractivity contribution >= 4 is 5.97 Å². The van der Waals surface area contributed by atoms with Gasteiger partial charge in [0.2, 0.25) is 0 Å². The molecule has 0 radical (unpaired) electrons. The topological polar surface area (TPSA) is 35.5 Å². The molecule has 2 rings (SSSR count). The van der Waals surface area contributed by atoms with E-state index in [4.69, 9.17) is 4.74 Å². The summed E-state index contributed by atoms with van der Waals surface area (Å²) in [5.74, 6) is 0.378.